The van der Waals surface area contributed by atoms with Crippen LogP contribution in [0.1, 0.15) is 12.8 Å². The second-order valence-corrected chi connectivity index (χ2v) is 5.11. The molecule has 1 fully saturated rings. The van der Waals surface area contributed by atoms with E-state index >= 15 is 0 Å². The van der Waals surface area contributed by atoms with Crippen LogP contribution in [-0.4, -0.2) is 56.5 Å². The standard InChI is InChI=1S/C15H24N2O3/c1-19-14-6-5-12(9-15(14)20-2)16-10-13(18)11-17-7-3-4-8-17/h5-6,9,13,16,18H,3-4,7-8,10-11H2,1-2H3. The van der Waals surface area contributed by atoms with Crippen molar-refractivity contribution in [3.05, 3.63) is 18.2 Å². The summed E-state index contributed by atoms with van der Waals surface area (Å²) in [5.74, 6) is 1.39. The van der Waals surface area contributed by atoms with Crippen molar-refractivity contribution in [1.29, 1.82) is 0 Å². The molecule has 1 heterocycles. The molecule has 2 N–H and O–H groups in total. The zero-order valence-corrected chi connectivity index (χ0v) is 12.3. The minimum Gasteiger partial charge on any atom is -0.493 e. The summed E-state index contributed by atoms with van der Waals surface area (Å²) >= 11 is 0. The largest absolute Gasteiger partial charge is 0.493 e. The lowest BCUT2D eigenvalue weighted by Gasteiger charge is -2.20. The van der Waals surface area contributed by atoms with Crippen LogP contribution in [0.3, 0.4) is 0 Å². The lowest BCUT2D eigenvalue weighted by molar-refractivity contribution is 0.135. The molecule has 5 nitrogen and oxygen atoms in total. The summed E-state index contributed by atoms with van der Waals surface area (Å²) in [6.45, 7) is 3.48. The highest BCUT2D eigenvalue weighted by atomic mass is 16.5. The number of anilines is 1. The number of aliphatic hydroxyl groups excluding tert-OH is 1. The Morgan fingerprint density at radius 1 is 1.20 bits per heavy atom. The van der Waals surface area contributed by atoms with Crippen LogP contribution in [0.4, 0.5) is 5.69 Å². The van der Waals surface area contributed by atoms with Gasteiger partial charge in [0.2, 0.25) is 0 Å². The maximum atomic E-state index is 10.0. The van der Waals surface area contributed by atoms with Crippen LogP contribution in [0.5, 0.6) is 11.5 Å². The molecule has 0 amide bonds. The predicted molar refractivity (Wildman–Crippen MR) is 79.7 cm³/mol. The molecule has 1 aromatic rings. The van der Waals surface area contributed by atoms with E-state index in [-0.39, 0.29) is 6.10 Å². The first-order valence-electron chi connectivity index (χ1n) is 7.09. The smallest absolute Gasteiger partial charge is 0.162 e. The summed E-state index contributed by atoms with van der Waals surface area (Å²) < 4.78 is 10.5. The van der Waals surface area contributed by atoms with Gasteiger partial charge in [0, 0.05) is 24.8 Å². The molecule has 0 aromatic heterocycles. The van der Waals surface area contributed by atoms with E-state index in [1.54, 1.807) is 14.2 Å². The minimum atomic E-state index is -0.360. The van der Waals surface area contributed by atoms with E-state index in [0.717, 1.165) is 25.3 Å². The molecule has 1 aromatic carbocycles. The van der Waals surface area contributed by atoms with Crippen LogP contribution in [0, 0.1) is 0 Å². The van der Waals surface area contributed by atoms with Gasteiger partial charge >= 0.3 is 0 Å². The molecule has 1 atom stereocenters. The number of ether oxygens (including phenoxy) is 2. The highest BCUT2D eigenvalue weighted by Gasteiger charge is 2.15. The molecule has 1 saturated heterocycles. The van der Waals surface area contributed by atoms with Crippen LogP contribution >= 0.6 is 0 Å². The molecule has 1 aliphatic heterocycles. The maximum absolute atomic E-state index is 10.0. The first-order chi connectivity index (χ1) is 9.72. The van der Waals surface area contributed by atoms with E-state index in [1.165, 1.54) is 12.8 Å². The number of aliphatic hydroxyl groups is 1. The van der Waals surface area contributed by atoms with Gasteiger partial charge < -0.3 is 24.8 Å². The van der Waals surface area contributed by atoms with E-state index in [4.69, 9.17) is 9.47 Å². The fraction of sp³-hybridized carbons (Fsp3) is 0.600. The summed E-state index contributed by atoms with van der Waals surface area (Å²) in [5, 5.41) is 13.3. The lowest BCUT2D eigenvalue weighted by Crippen LogP contribution is -2.34. The Balaban J connectivity index is 1.83. The van der Waals surface area contributed by atoms with Crippen molar-refractivity contribution in [3.8, 4) is 11.5 Å². The maximum Gasteiger partial charge on any atom is 0.162 e. The second kappa shape index (κ2) is 7.36. The average molecular weight is 280 g/mol. The van der Waals surface area contributed by atoms with Crippen LogP contribution < -0.4 is 14.8 Å². The molecule has 112 valence electrons. The molecule has 0 saturated carbocycles. The second-order valence-electron chi connectivity index (χ2n) is 5.11. The first kappa shape index (κ1) is 14.9. The third-order valence-electron chi connectivity index (χ3n) is 3.59. The molecule has 20 heavy (non-hydrogen) atoms. The molecule has 2 rings (SSSR count). The number of benzene rings is 1. The van der Waals surface area contributed by atoms with Gasteiger partial charge in [0.15, 0.2) is 11.5 Å². The van der Waals surface area contributed by atoms with Gasteiger partial charge in [-0.3, -0.25) is 0 Å². The number of rotatable bonds is 7. The molecule has 0 aliphatic carbocycles. The molecule has 0 spiro atoms. The summed E-state index contributed by atoms with van der Waals surface area (Å²) in [7, 11) is 3.23. The normalized spacial score (nSPS) is 16.9. The quantitative estimate of drug-likeness (QED) is 0.794. The van der Waals surface area contributed by atoms with E-state index in [1.807, 2.05) is 18.2 Å². The predicted octanol–water partition coefficient (Wildman–Crippen LogP) is 1.57. The van der Waals surface area contributed by atoms with Crippen molar-refractivity contribution in [2.75, 3.05) is 45.7 Å². The van der Waals surface area contributed by atoms with E-state index in [9.17, 15) is 5.11 Å². The van der Waals surface area contributed by atoms with Crippen LogP contribution in [0.2, 0.25) is 0 Å². The molecule has 0 bridgehead atoms. The third-order valence-corrected chi connectivity index (χ3v) is 3.59. The van der Waals surface area contributed by atoms with Crippen LogP contribution in [0.25, 0.3) is 0 Å². The number of nitrogens with one attached hydrogen (secondary N) is 1. The van der Waals surface area contributed by atoms with E-state index in [2.05, 4.69) is 10.2 Å². The monoisotopic (exact) mass is 280 g/mol. The number of nitrogens with zero attached hydrogens (tertiary/aromatic N) is 1. The van der Waals surface area contributed by atoms with Crippen molar-refractivity contribution < 1.29 is 14.6 Å². The average Bonchev–Trinajstić information content (AvgIpc) is 2.97. The number of β-amino-alcohol motifs (C(OH)–C–C–N with tert-alkyl or cyclic N) is 1. The van der Waals surface area contributed by atoms with E-state index in [0.29, 0.717) is 18.0 Å². The molecular formula is C15H24N2O3. The Hall–Kier alpha value is -1.46. The Morgan fingerprint density at radius 2 is 1.90 bits per heavy atom. The molecular weight excluding hydrogens is 256 g/mol. The Bertz CT molecular complexity index is 420. The number of methoxy groups -OCH3 is 2. The van der Waals surface area contributed by atoms with Gasteiger partial charge in [0.05, 0.1) is 20.3 Å². The zero-order valence-electron chi connectivity index (χ0n) is 12.3. The Morgan fingerprint density at radius 3 is 2.55 bits per heavy atom. The number of hydrogen-bond donors (Lipinski definition) is 2. The summed E-state index contributed by atoms with van der Waals surface area (Å²) in [6.07, 6.45) is 2.13. The fourth-order valence-electron chi connectivity index (χ4n) is 2.51. The molecule has 1 unspecified atom stereocenters. The highest BCUT2D eigenvalue weighted by molar-refractivity contribution is 5.54. The summed E-state index contributed by atoms with van der Waals surface area (Å²) in [4.78, 5) is 2.31. The van der Waals surface area contributed by atoms with Crippen molar-refractivity contribution in [2.45, 2.75) is 18.9 Å². The lowest BCUT2D eigenvalue weighted by atomic mass is 10.2. The van der Waals surface area contributed by atoms with Crippen molar-refractivity contribution in [1.82, 2.24) is 4.90 Å². The van der Waals surface area contributed by atoms with Crippen molar-refractivity contribution >= 4 is 5.69 Å². The number of hydrogen-bond acceptors (Lipinski definition) is 5. The van der Waals surface area contributed by atoms with Gasteiger partial charge in [-0.2, -0.15) is 0 Å². The van der Waals surface area contributed by atoms with Gasteiger partial charge in [0.1, 0.15) is 0 Å². The highest BCUT2D eigenvalue weighted by Crippen LogP contribution is 2.29. The van der Waals surface area contributed by atoms with E-state index < -0.39 is 0 Å². The van der Waals surface area contributed by atoms with Gasteiger partial charge in [-0.25, -0.2) is 0 Å². The Kier molecular flexibility index (Phi) is 5.49. The SMILES string of the molecule is COc1ccc(NCC(O)CN2CCCC2)cc1OC. The molecule has 5 heteroatoms. The van der Waals surface area contributed by atoms with Crippen molar-refractivity contribution in [2.24, 2.45) is 0 Å². The number of likely N-dealkylation sites (tertiary alicyclic amines) is 1. The molecule has 0 radical (unpaired) electrons. The van der Waals surface area contributed by atoms with Gasteiger partial charge in [-0.1, -0.05) is 0 Å². The third kappa shape index (κ3) is 4.02. The van der Waals surface area contributed by atoms with Crippen LogP contribution in [0.15, 0.2) is 18.2 Å². The fourth-order valence-corrected chi connectivity index (χ4v) is 2.51. The van der Waals surface area contributed by atoms with Crippen molar-refractivity contribution in [3.63, 3.8) is 0 Å². The summed E-state index contributed by atoms with van der Waals surface area (Å²) in [5.41, 5.74) is 0.920. The summed E-state index contributed by atoms with van der Waals surface area (Å²) in [6, 6.07) is 5.65. The van der Waals surface area contributed by atoms with Gasteiger partial charge in [0.25, 0.3) is 0 Å². The van der Waals surface area contributed by atoms with Crippen LogP contribution in [-0.2, 0) is 0 Å². The van der Waals surface area contributed by atoms with Gasteiger partial charge in [-0.15, -0.1) is 0 Å². The topological polar surface area (TPSA) is 54.0 Å². The first-order valence-corrected chi connectivity index (χ1v) is 7.09. The minimum absolute atomic E-state index is 0.360. The Labute approximate surface area is 120 Å². The zero-order chi connectivity index (χ0) is 14.4. The van der Waals surface area contributed by atoms with Gasteiger partial charge in [-0.05, 0) is 38.1 Å². The molecule has 1 aliphatic rings.